The predicted molar refractivity (Wildman–Crippen MR) is 92.3 cm³/mol. The van der Waals surface area contributed by atoms with Crippen LogP contribution in [0.2, 0.25) is 0 Å². The number of allylic oxidation sites excluding steroid dienone is 2. The Morgan fingerprint density at radius 2 is 1.92 bits per heavy atom. The third-order valence-corrected chi connectivity index (χ3v) is 4.87. The van der Waals surface area contributed by atoms with Crippen molar-refractivity contribution in [3.05, 3.63) is 50.9 Å². The number of H-pyrrole nitrogens is 2. The van der Waals surface area contributed by atoms with Gasteiger partial charge < -0.3 is 14.8 Å². The highest BCUT2D eigenvalue weighted by Gasteiger charge is 2.39. The second-order valence-corrected chi connectivity index (χ2v) is 6.18. The lowest BCUT2D eigenvalue weighted by Crippen LogP contribution is -2.29. The lowest BCUT2D eigenvalue weighted by Gasteiger charge is -2.32. The summed E-state index contributed by atoms with van der Waals surface area (Å²) in [6.07, 6.45) is 2.06. The molecule has 3 N–H and O–H groups in total. The number of methoxy groups -OCH3 is 2. The van der Waals surface area contributed by atoms with Crippen LogP contribution in [0.3, 0.4) is 0 Å². The fraction of sp³-hybridized carbons (Fsp3) is 0.333. The first kappa shape index (κ1) is 15.6. The van der Waals surface area contributed by atoms with Crippen molar-refractivity contribution in [2.45, 2.75) is 25.2 Å². The summed E-state index contributed by atoms with van der Waals surface area (Å²) in [6.45, 7) is 0. The average molecular weight is 341 g/mol. The number of ether oxygens (including phenoxy) is 2. The molecule has 1 aromatic heterocycles. The summed E-state index contributed by atoms with van der Waals surface area (Å²) in [6, 6.07) is 5.51. The molecule has 25 heavy (non-hydrogen) atoms. The van der Waals surface area contributed by atoms with E-state index in [0.29, 0.717) is 34.9 Å². The van der Waals surface area contributed by atoms with E-state index in [1.54, 1.807) is 20.3 Å². The first-order valence-corrected chi connectivity index (χ1v) is 8.20. The predicted octanol–water partition coefficient (Wildman–Crippen LogP) is 2.28. The van der Waals surface area contributed by atoms with Crippen LogP contribution in [0.1, 0.15) is 36.3 Å². The van der Waals surface area contributed by atoms with Crippen LogP contribution in [0, 0.1) is 0 Å². The van der Waals surface area contributed by atoms with Crippen molar-refractivity contribution >= 4 is 11.6 Å². The molecule has 130 valence electrons. The topological polar surface area (TPSA) is 96.2 Å². The summed E-state index contributed by atoms with van der Waals surface area (Å²) in [7, 11) is 3.12. The molecule has 1 aliphatic heterocycles. The van der Waals surface area contributed by atoms with E-state index in [1.807, 2.05) is 12.1 Å². The van der Waals surface area contributed by atoms with Crippen LogP contribution in [-0.4, -0.2) is 30.2 Å². The molecule has 0 fully saturated rings. The number of para-hydroxylation sites is 1. The lowest BCUT2D eigenvalue weighted by molar-refractivity contribution is -0.116. The zero-order valence-electron chi connectivity index (χ0n) is 14.1. The van der Waals surface area contributed by atoms with Crippen LogP contribution < -0.4 is 20.3 Å². The van der Waals surface area contributed by atoms with Crippen LogP contribution in [0.4, 0.5) is 5.82 Å². The Kier molecular flexibility index (Phi) is 3.63. The maximum absolute atomic E-state index is 12.7. The Balaban J connectivity index is 2.01. The molecule has 2 aromatic rings. The first-order valence-electron chi connectivity index (χ1n) is 8.20. The van der Waals surface area contributed by atoms with Crippen LogP contribution in [0.25, 0.3) is 0 Å². The standard InChI is InChI=1S/C18H19N3O4/c1-24-12-8-3-5-9(16(12)25-2)13-14-10(6-4-7-11(14)22)19-17-15(13)18(23)21-20-17/h3,5,8,13H,4,6-7H2,1-2H3,(H3,19,20,21,23)/t13-/m1/s1. The zero-order chi connectivity index (χ0) is 17.6. The number of hydrogen-bond acceptors (Lipinski definition) is 5. The molecule has 2 aliphatic rings. The highest BCUT2D eigenvalue weighted by Crippen LogP contribution is 2.47. The Morgan fingerprint density at radius 3 is 2.68 bits per heavy atom. The lowest BCUT2D eigenvalue weighted by atomic mass is 9.76. The van der Waals surface area contributed by atoms with E-state index in [-0.39, 0.29) is 11.3 Å². The molecule has 0 unspecified atom stereocenters. The number of benzene rings is 1. The van der Waals surface area contributed by atoms with Crippen molar-refractivity contribution in [2.75, 3.05) is 19.5 Å². The second kappa shape index (κ2) is 5.84. The van der Waals surface area contributed by atoms with E-state index in [2.05, 4.69) is 15.5 Å². The van der Waals surface area contributed by atoms with Crippen molar-refractivity contribution in [3.8, 4) is 11.5 Å². The van der Waals surface area contributed by atoms with Gasteiger partial charge in [0.1, 0.15) is 5.82 Å². The summed E-state index contributed by atoms with van der Waals surface area (Å²) in [4.78, 5) is 25.2. The summed E-state index contributed by atoms with van der Waals surface area (Å²) in [5.41, 5.74) is 2.52. The second-order valence-electron chi connectivity index (χ2n) is 6.18. The van der Waals surface area contributed by atoms with Gasteiger partial charge in [-0.15, -0.1) is 0 Å². The fourth-order valence-electron chi connectivity index (χ4n) is 3.82. The van der Waals surface area contributed by atoms with E-state index < -0.39 is 5.92 Å². The SMILES string of the molecule is COc1cccc([C@@H]2C3=C(CCCC3=O)Nc3[nH][nH]c(=O)c32)c1OC. The number of ketones is 1. The van der Waals surface area contributed by atoms with Crippen LogP contribution >= 0.6 is 0 Å². The van der Waals surface area contributed by atoms with Gasteiger partial charge in [0.25, 0.3) is 5.56 Å². The Morgan fingerprint density at radius 1 is 1.08 bits per heavy atom. The van der Waals surface area contributed by atoms with Gasteiger partial charge >= 0.3 is 0 Å². The van der Waals surface area contributed by atoms with Crippen molar-refractivity contribution in [3.63, 3.8) is 0 Å². The molecule has 0 radical (unpaired) electrons. The normalized spacial score (nSPS) is 19.1. The maximum Gasteiger partial charge on any atom is 0.270 e. The Labute approximate surface area is 144 Å². The Hall–Kier alpha value is -2.96. The van der Waals surface area contributed by atoms with E-state index in [1.165, 1.54) is 0 Å². The summed E-state index contributed by atoms with van der Waals surface area (Å²) >= 11 is 0. The molecule has 0 bridgehead atoms. The third kappa shape index (κ3) is 2.26. The number of hydrogen-bond donors (Lipinski definition) is 3. The largest absolute Gasteiger partial charge is 0.493 e. The molecule has 7 nitrogen and oxygen atoms in total. The van der Waals surface area contributed by atoms with Gasteiger partial charge in [-0.25, -0.2) is 0 Å². The number of fused-ring (bicyclic) bond motifs is 1. The molecule has 2 heterocycles. The van der Waals surface area contributed by atoms with Crippen molar-refractivity contribution < 1.29 is 14.3 Å². The summed E-state index contributed by atoms with van der Waals surface area (Å²) in [5, 5.41) is 8.71. The quantitative estimate of drug-likeness (QED) is 0.796. The van der Waals surface area contributed by atoms with Gasteiger partial charge in [-0.1, -0.05) is 12.1 Å². The van der Waals surface area contributed by atoms with Crippen LogP contribution in [0.5, 0.6) is 11.5 Å². The number of nitrogens with one attached hydrogen (secondary N) is 3. The molecule has 1 atom stereocenters. The van der Waals surface area contributed by atoms with E-state index in [4.69, 9.17) is 9.47 Å². The van der Waals surface area contributed by atoms with E-state index >= 15 is 0 Å². The highest BCUT2D eigenvalue weighted by atomic mass is 16.5. The van der Waals surface area contributed by atoms with Gasteiger partial charge in [0.15, 0.2) is 17.3 Å². The number of carbonyl (C=O) groups is 1. The molecule has 0 saturated heterocycles. The monoisotopic (exact) mass is 341 g/mol. The minimum Gasteiger partial charge on any atom is -0.493 e. The molecule has 4 rings (SSSR count). The van der Waals surface area contributed by atoms with Gasteiger partial charge in [0.2, 0.25) is 0 Å². The summed E-state index contributed by atoms with van der Waals surface area (Å²) in [5.74, 6) is 1.29. The number of anilines is 1. The molecule has 0 spiro atoms. The van der Waals surface area contributed by atoms with Gasteiger partial charge in [-0.3, -0.25) is 19.8 Å². The molecular formula is C18H19N3O4. The smallest absolute Gasteiger partial charge is 0.270 e. The van der Waals surface area contributed by atoms with Crippen molar-refractivity contribution in [1.82, 2.24) is 10.2 Å². The van der Waals surface area contributed by atoms with Crippen molar-refractivity contribution in [1.29, 1.82) is 0 Å². The molecule has 0 amide bonds. The number of carbonyl (C=O) groups excluding carboxylic acids is 1. The van der Waals surface area contributed by atoms with E-state index in [0.717, 1.165) is 24.1 Å². The molecule has 1 aliphatic carbocycles. The number of Topliss-reactive ketones (excluding diaryl/α,β-unsaturated/α-hetero) is 1. The van der Waals surface area contributed by atoms with Gasteiger partial charge in [0, 0.05) is 23.3 Å². The molecule has 7 heteroatoms. The minimum atomic E-state index is -0.487. The summed E-state index contributed by atoms with van der Waals surface area (Å²) < 4.78 is 11.0. The zero-order valence-corrected chi connectivity index (χ0v) is 14.1. The fourth-order valence-corrected chi connectivity index (χ4v) is 3.82. The minimum absolute atomic E-state index is 0.0647. The highest BCUT2D eigenvalue weighted by molar-refractivity contribution is 6.01. The third-order valence-electron chi connectivity index (χ3n) is 4.87. The van der Waals surface area contributed by atoms with Crippen LogP contribution in [-0.2, 0) is 4.79 Å². The molecule has 0 saturated carbocycles. The van der Waals surface area contributed by atoms with Gasteiger partial charge in [0.05, 0.1) is 25.7 Å². The first-order chi connectivity index (χ1) is 12.2. The van der Waals surface area contributed by atoms with Gasteiger partial charge in [-0.2, -0.15) is 0 Å². The molecule has 1 aromatic carbocycles. The van der Waals surface area contributed by atoms with Crippen LogP contribution in [0.15, 0.2) is 34.3 Å². The Bertz CT molecular complexity index is 938. The van der Waals surface area contributed by atoms with Gasteiger partial charge in [-0.05, 0) is 18.9 Å². The number of aromatic nitrogens is 2. The van der Waals surface area contributed by atoms with Crippen molar-refractivity contribution in [2.24, 2.45) is 0 Å². The molecular weight excluding hydrogens is 322 g/mol. The maximum atomic E-state index is 12.7. The van der Waals surface area contributed by atoms with E-state index in [9.17, 15) is 9.59 Å². The average Bonchev–Trinajstić information content (AvgIpc) is 3.00. The number of rotatable bonds is 3. The number of aromatic amines is 2.